The lowest BCUT2D eigenvalue weighted by Crippen LogP contribution is -2.19. The highest BCUT2D eigenvalue weighted by molar-refractivity contribution is 6.00. The number of nitrogens with one attached hydrogen (secondary N) is 3. The van der Waals surface area contributed by atoms with E-state index in [-0.39, 0.29) is 24.2 Å². The van der Waals surface area contributed by atoms with Crippen molar-refractivity contribution >= 4 is 29.0 Å². The van der Waals surface area contributed by atoms with Crippen molar-refractivity contribution < 1.29 is 14.0 Å². The minimum Gasteiger partial charge on any atom is -0.326 e. The van der Waals surface area contributed by atoms with Crippen LogP contribution in [0.1, 0.15) is 5.56 Å². The summed E-state index contributed by atoms with van der Waals surface area (Å²) in [5.74, 6) is -0.570. The summed E-state index contributed by atoms with van der Waals surface area (Å²) in [7, 11) is 0. The molecule has 3 aromatic carbocycles. The van der Waals surface area contributed by atoms with Gasteiger partial charge in [-0.15, -0.1) is 0 Å². The third kappa shape index (κ3) is 5.67. The van der Waals surface area contributed by atoms with Gasteiger partial charge in [-0.25, -0.2) is 9.18 Å². The van der Waals surface area contributed by atoms with Gasteiger partial charge in [-0.2, -0.15) is 0 Å². The summed E-state index contributed by atoms with van der Waals surface area (Å²) in [6, 6.07) is 21.3. The van der Waals surface area contributed by atoms with Gasteiger partial charge < -0.3 is 16.0 Å². The molecule has 0 atom stereocenters. The zero-order valence-corrected chi connectivity index (χ0v) is 14.4. The van der Waals surface area contributed by atoms with Crippen molar-refractivity contribution in [2.45, 2.75) is 6.42 Å². The summed E-state index contributed by atoms with van der Waals surface area (Å²) >= 11 is 0. The van der Waals surface area contributed by atoms with Gasteiger partial charge in [0.15, 0.2) is 0 Å². The molecule has 0 spiro atoms. The van der Waals surface area contributed by atoms with Crippen LogP contribution in [0.2, 0.25) is 0 Å². The summed E-state index contributed by atoms with van der Waals surface area (Å²) in [6.45, 7) is 0. The summed E-state index contributed by atoms with van der Waals surface area (Å²) in [6.07, 6.45) is 0.131. The minimum absolute atomic E-state index is 0.131. The normalized spacial score (nSPS) is 10.1. The first kappa shape index (κ1) is 18.1. The van der Waals surface area contributed by atoms with Gasteiger partial charge in [-0.1, -0.05) is 36.4 Å². The van der Waals surface area contributed by atoms with Crippen LogP contribution in [0.5, 0.6) is 0 Å². The first-order valence-corrected chi connectivity index (χ1v) is 8.36. The molecule has 0 unspecified atom stereocenters. The topological polar surface area (TPSA) is 70.2 Å². The zero-order chi connectivity index (χ0) is 19.1. The number of rotatable bonds is 5. The average Bonchev–Trinajstić information content (AvgIpc) is 2.64. The molecule has 6 heteroatoms. The first-order chi connectivity index (χ1) is 13.1. The van der Waals surface area contributed by atoms with Crippen molar-refractivity contribution in [3.8, 4) is 0 Å². The number of hydrogen-bond donors (Lipinski definition) is 3. The molecule has 0 aromatic heterocycles. The van der Waals surface area contributed by atoms with E-state index in [1.54, 1.807) is 48.5 Å². The number of halogens is 1. The highest BCUT2D eigenvalue weighted by atomic mass is 19.1. The monoisotopic (exact) mass is 363 g/mol. The van der Waals surface area contributed by atoms with E-state index in [1.807, 2.05) is 18.2 Å². The summed E-state index contributed by atoms with van der Waals surface area (Å²) < 4.78 is 12.9. The largest absolute Gasteiger partial charge is 0.326 e. The molecule has 5 nitrogen and oxygen atoms in total. The van der Waals surface area contributed by atoms with E-state index in [0.717, 1.165) is 0 Å². The third-order valence-electron chi connectivity index (χ3n) is 3.71. The summed E-state index contributed by atoms with van der Waals surface area (Å²) in [5.41, 5.74) is 2.49. The Morgan fingerprint density at radius 1 is 0.704 bits per heavy atom. The van der Waals surface area contributed by atoms with E-state index in [9.17, 15) is 14.0 Å². The van der Waals surface area contributed by atoms with Crippen molar-refractivity contribution in [2.24, 2.45) is 0 Å². The standard InChI is InChI=1S/C21H18FN3O2/c22-16-11-9-15(10-12-16)13-20(26)23-18-7-4-8-19(14-18)25-21(27)24-17-5-2-1-3-6-17/h1-12,14H,13H2,(H,23,26)(H2,24,25,27). The lowest BCUT2D eigenvalue weighted by atomic mass is 10.1. The number of carbonyl (C=O) groups excluding carboxylic acids is 2. The lowest BCUT2D eigenvalue weighted by molar-refractivity contribution is -0.115. The number of anilines is 3. The summed E-state index contributed by atoms with van der Waals surface area (Å²) in [5, 5.41) is 8.20. The first-order valence-electron chi connectivity index (χ1n) is 8.36. The van der Waals surface area contributed by atoms with Gasteiger partial charge in [0.05, 0.1) is 6.42 Å². The van der Waals surface area contributed by atoms with Crippen LogP contribution in [0.4, 0.5) is 26.2 Å². The Labute approximate surface area is 156 Å². The predicted molar refractivity (Wildman–Crippen MR) is 104 cm³/mol. The van der Waals surface area contributed by atoms with Gasteiger partial charge in [-0.05, 0) is 48.0 Å². The fraction of sp³-hybridized carbons (Fsp3) is 0.0476. The van der Waals surface area contributed by atoms with Crippen molar-refractivity contribution in [2.75, 3.05) is 16.0 Å². The molecule has 0 radical (unpaired) electrons. The Balaban J connectivity index is 1.57. The number of amides is 3. The minimum atomic E-state index is -0.379. The molecule has 0 saturated carbocycles. The predicted octanol–water partition coefficient (Wildman–Crippen LogP) is 4.65. The molecular formula is C21H18FN3O2. The highest BCUT2D eigenvalue weighted by Crippen LogP contribution is 2.16. The molecule has 0 heterocycles. The van der Waals surface area contributed by atoms with E-state index in [1.165, 1.54) is 12.1 Å². The SMILES string of the molecule is O=C(Cc1ccc(F)cc1)Nc1cccc(NC(=O)Nc2ccccc2)c1. The fourth-order valence-electron chi connectivity index (χ4n) is 2.48. The van der Waals surface area contributed by atoms with Crippen LogP contribution in [0.25, 0.3) is 0 Å². The summed E-state index contributed by atoms with van der Waals surface area (Å²) in [4.78, 5) is 24.2. The van der Waals surface area contributed by atoms with Crippen LogP contribution >= 0.6 is 0 Å². The quantitative estimate of drug-likeness (QED) is 0.617. The maximum Gasteiger partial charge on any atom is 0.323 e. The molecule has 0 fully saturated rings. The van der Waals surface area contributed by atoms with Crippen LogP contribution < -0.4 is 16.0 Å². The third-order valence-corrected chi connectivity index (χ3v) is 3.71. The molecular weight excluding hydrogens is 345 g/mol. The Bertz CT molecular complexity index is 928. The van der Waals surface area contributed by atoms with Gasteiger partial charge in [-0.3, -0.25) is 4.79 Å². The average molecular weight is 363 g/mol. The van der Waals surface area contributed by atoms with E-state index >= 15 is 0 Å². The van der Waals surface area contributed by atoms with Crippen LogP contribution in [0.15, 0.2) is 78.9 Å². The van der Waals surface area contributed by atoms with Crippen molar-refractivity contribution in [3.05, 3.63) is 90.2 Å². The number of urea groups is 1. The van der Waals surface area contributed by atoms with Gasteiger partial charge in [0, 0.05) is 17.1 Å². The van der Waals surface area contributed by atoms with Crippen molar-refractivity contribution in [3.63, 3.8) is 0 Å². The van der Waals surface area contributed by atoms with E-state index in [0.29, 0.717) is 22.6 Å². The van der Waals surface area contributed by atoms with Crippen LogP contribution in [0, 0.1) is 5.82 Å². The number of carbonyl (C=O) groups is 2. The molecule has 3 aromatic rings. The number of benzene rings is 3. The Morgan fingerprint density at radius 3 is 2.00 bits per heavy atom. The van der Waals surface area contributed by atoms with E-state index in [4.69, 9.17) is 0 Å². The second-order valence-corrected chi connectivity index (χ2v) is 5.88. The molecule has 0 bridgehead atoms. The van der Waals surface area contributed by atoms with Gasteiger partial charge in [0.25, 0.3) is 0 Å². The van der Waals surface area contributed by atoms with Crippen LogP contribution in [0.3, 0.4) is 0 Å². The molecule has 3 amide bonds. The Hall–Kier alpha value is -3.67. The zero-order valence-electron chi connectivity index (χ0n) is 14.4. The number of para-hydroxylation sites is 1. The lowest BCUT2D eigenvalue weighted by Gasteiger charge is -2.10. The maximum atomic E-state index is 12.9. The van der Waals surface area contributed by atoms with E-state index < -0.39 is 0 Å². The number of hydrogen-bond acceptors (Lipinski definition) is 2. The molecule has 136 valence electrons. The van der Waals surface area contributed by atoms with Gasteiger partial charge in [0.2, 0.25) is 5.91 Å². The highest BCUT2D eigenvalue weighted by Gasteiger charge is 2.07. The smallest absolute Gasteiger partial charge is 0.323 e. The van der Waals surface area contributed by atoms with Crippen molar-refractivity contribution in [1.82, 2.24) is 0 Å². The van der Waals surface area contributed by atoms with Gasteiger partial charge >= 0.3 is 6.03 Å². The molecule has 0 saturated heterocycles. The second kappa shape index (κ2) is 8.62. The molecule has 0 aliphatic rings. The second-order valence-electron chi connectivity index (χ2n) is 5.88. The van der Waals surface area contributed by atoms with Crippen LogP contribution in [-0.4, -0.2) is 11.9 Å². The molecule has 27 heavy (non-hydrogen) atoms. The van der Waals surface area contributed by atoms with E-state index in [2.05, 4.69) is 16.0 Å². The Kier molecular flexibility index (Phi) is 5.79. The molecule has 0 aliphatic heterocycles. The van der Waals surface area contributed by atoms with Crippen LogP contribution in [-0.2, 0) is 11.2 Å². The molecule has 0 aliphatic carbocycles. The molecule has 3 rings (SSSR count). The fourth-order valence-corrected chi connectivity index (χ4v) is 2.48. The maximum absolute atomic E-state index is 12.9. The van der Waals surface area contributed by atoms with Gasteiger partial charge in [0.1, 0.15) is 5.82 Å². The Morgan fingerprint density at radius 2 is 1.30 bits per heavy atom. The molecule has 3 N–H and O–H groups in total. The van der Waals surface area contributed by atoms with Crippen molar-refractivity contribution in [1.29, 1.82) is 0 Å².